The molecular formula is C36H59N5O4. The van der Waals surface area contributed by atoms with Crippen LogP contribution in [0.1, 0.15) is 104 Å². The fourth-order valence-electron chi connectivity index (χ4n) is 6.47. The van der Waals surface area contributed by atoms with Crippen LogP contribution in [0, 0.1) is 17.8 Å². The number of imidazole rings is 1. The Kier molecular flexibility index (Phi) is 14.9. The molecule has 0 aliphatic heterocycles. The minimum absolute atomic E-state index is 0.155. The molecule has 0 radical (unpaired) electrons. The van der Waals surface area contributed by atoms with Gasteiger partial charge in [0.2, 0.25) is 5.91 Å². The molecule has 2 amide bonds. The number of benzene rings is 1. The summed E-state index contributed by atoms with van der Waals surface area (Å²) in [7, 11) is 0. The highest BCUT2D eigenvalue weighted by Crippen LogP contribution is 2.30. The molecule has 0 saturated heterocycles. The van der Waals surface area contributed by atoms with Crippen molar-refractivity contribution in [2.45, 2.75) is 136 Å². The summed E-state index contributed by atoms with van der Waals surface area (Å²) in [4.78, 5) is 34.1. The van der Waals surface area contributed by atoms with E-state index in [9.17, 15) is 14.7 Å². The van der Waals surface area contributed by atoms with Crippen molar-refractivity contribution in [2.75, 3.05) is 6.54 Å². The molecule has 0 unspecified atom stereocenters. The van der Waals surface area contributed by atoms with Gasteiger partial charge in [0.15, 0.2) is 0 Å². The highest BCUT2D eigenvalue weighted by Gasteiger charge is 2.31. The van der Waals surface area contributed by atoms with Gasteiger partial charge >= 0.3 is 6.09 Å². The quantitative estimate of drug-likeness (QED) is 0.148. The van der Waals surface area contributed by atoms with Crippen molar-refractivity contribution in [3.05, 3.63) is 54.1 Å². The predicted octanol–water partition coefficient (Wildman–Crippen LogP) is 5.93. The molecule has 5 atom stereocenters. The standard InChI is InChI=1S/C36H59N5O4/c1-7-28(25(2)3)20-33(42)31(19-27-16-12-9-13-17-27)41-34(43)32(21-29-22-37-24-39-29)38-23-30(18-26-14-10-8-11-15-26)40-35(44)45-36(4,5)6/h8,10-11,14-15,22,24-25,27-28,30-33,38,42H,7,9,12-13,16-21,23H2,1-6H3,(H,37,39)(H,40,44)(H,41,43)/t28-,30-,31-,32-,33-/m0/s1. The van der Waals surface area contributed by atoms with Crippen LogP contribution in [-0.4, -0.2) is 63.5 Å². The number of ether oxygens (including phenoxy) is 1. The molecule has 5 N–H and O–H groups in total. The van der Waals surface area contributed by atoms with Gasteiger partial charge in [-0.2, -0.15) is 0 Å². The molecule has 1 aromatic heterocycles. The summed E-state index contributed by atoms with van der Waals surface area (Å²) in [5.74, 6) is 1.20. The van der Waals surface area contributed by atoms with Crippen molar-refractivity contribution in [3.63, 3.8) is 0 Å². The summed E-state index contributed by atoms with van der Waals surface area (Å²) in [6.07, 6.45) is 11.6. The lowest BCUT2D eigenvalue weighted by Gasteiger charge is -2.33. The van der Waals surface area contributed by atoms with Crippen LogP contribution in [0.3, 0.4) is 0 Å². The van der Waals surface area contributed by atoms with Gasteiger partial charge in [-0.05, 0) is 63.4 Å². The number of hydrogen-bond acceptors (Lipinski definition) is 6. The van der Waals surface area contributed by atoms with Gasteiger partial charge in [0, 0.05) is 30.9 Å². The summed E-state index contributed by atoms with van der Waals surface area (Å²) in [5.41, 5.74) is 1.28. The van der Waals surface area contributed by atoms with Gasteiger partial charge in [-0.1, -0.05) is 89.6 Å². The zero-order valence-electron chi connectivity index (χ0n) is 28.5. The number of aliphatic hydroxyl groups is 1. The number of nitrogens with one attached hydrogen (secondary N) is 4. The summed E-state index contributed by atoms with van der Waals surface area (Å²) >= 11 is 0. The average molecular weight is 626 g/mol. The molecule has 1 aromatic carbocycles. The van der Waals surface area contributed by atoms with Crippen LogP contribution in [0.2, 0.25) is 0 Å². The molecule has 2 aromatic rings. The second kappa shape index (κ2) is 18.3. The van der Waals surface area contributed by atoms with E-state index in [0.29, 0.717) is 43.6 Å². The van der Waals surface area contributed by atoms with Crippen molar-refractivity contribution >= 4 is 12.0 Å². The normalized spacial score (nSPS) is 17.7. The Bertz CT molecular complexity index is 1110. The number of aromatic amines is 1. The topological polar surface area (TPSA) is 128 Å². The van der Waals surface area contributed by atoms with E-state index in [-0.39, 0.29) is 18.0 Å². The monoisotopic (exact) mass is 625 g/mol. The zero-order valence-corrected chi connectivity index (χ0v) is 28.5. The third-order valence-electron chi connectivity index (χ3n) is 9.07. The second-order valence-corrected chi connectivity index (χ2v) is 14.3. The summed E-state index contributed by atoms with van der Waals surface area (Å²) in [5, 5.41) is 21.3. The highest BCUT2D eigenvalue weighted by molar-refractivity contribution is 5.82. The van der Waals surface area contributed by atoms with Crippen molar-refractivity contribution < 1.29 is 19.4 Å². The molecular weight excluding hydrogens is 566 g/mol. The van der Waals surface area contributed by atoms with Crippen LogP contribution in [0.15, 0.2) is 42.9 Å². The smallest absolute Gasteiger partial charge is 0.407 e. The minimum atomic E-state index is -0.627. The molecule has 1 aliphatic carbocycles. The van der Waals surface area contributed by atoms with Crippen molar-refractivity contribution in [3.8, 4) is 0 Å². The summed E-state index contributed by atoms with van der Waals surface area (Å²) in [6, 6.07) is 8.72. The first-order valence-corrected chi connectivity index (χ1v) is 17.2. The van der Waals surface area contributed by atoms with Gasteiger partial charge in [-0.25, -0.2) is 9.78 Å². The number of aromatic nitrogens is 2. The van der Waals surface area contributed by atoms with Crippen molar-refractivity contribution in [1.82, 2.24) is 25.9 Å². The summed E-state index contributed by atoms with van der Waals surface area (Å²) < 4.78 is 5.56. The van der Waals surface area contributed by atoms with E-state index in [0.717, 1.165) is 36.9 Å². The molecule has 1 saturated carbocycles. The van der Waals surface area contributed by atoms with Gasteiger partial charge in [-0.3, -0.25) is 4.79 Å². The van der Waals surface area contributed by atoms with E-state index < -0.39 is 23.8 Å². The third-order valence-corrected chi connectivity index (χ3v) is 9.07. The number of rotatable bonds is 17. The number of alkyl carbamates (subject to hydrolysis) is 1. The maximum atomic E-state index is 14.1. The van der Waals surface area contributed by atoms with E-state index in [2.05, 4.69) is 46.7 Å². The maximum absolute atomic E-state index is 14.1. The number of amides is 2. The predicted molar refractivity (Wildman–Crippen MR) is 180 cm³/mol. The van der Waals surface area contributed by atoms with Crippen LogP contribution < -0.4 is 16.0 Å². The molecule has 9 heteroatoms. The van der Waals surface area contributed by atoms with E-state index in [1.165, 1.54) is 19.3 Å². The molecule has 1 heterocycles. The van der Waals surface area contributed by atoms with Crippen LogP contribution in [0.4, 0.5) is 4.79 Å². The fourth-order valence-corrected chi connectivity index (χ4v) is 6.47. The Morgan fingerprint density at radius 3 is 2.38 bits per heavy atom. The largest absolute Gasteiger partial charge is 0.444 e. The Labute approximate surface area is 271 Å². The van der Waals surface area contributed by atoms with Gasteiger partial charge in [0.1, 0.15) is 5.60 Å². The Balaban J connectivity index is 1.78. The van der Waals surface area contributed by atoms with Crippen molar-refractivity contribution in [2.24, 2.45) is 17.8 Å². The van der Waals surface area contributed by atoms with E-state index >= 15 is 0 Å². The molecule has 1 aliphatic rings. The van der Waals surface area contributed by atoms with E-state index in [4.69, 9.17) is 4.74 Å². The molecule has 3 rings (SSSR count). The Hall–Kier alpha value is -2.91. The van der Waals surface area contributed by atoms with Crippen molar-refractivity contribution in [1.29, 1.82) is 0 Å². The first-order valence-electron chi connectivity index (χ1n) is 17.2. The lowest BCUT2D eigenvalue weighted by Crippen LogP contribution is -2.55. The third kappa shape index (κ3) is 13.5. The van der Waals surface area contributed by atoms with Gasteiger partial charge in [0.05, 0.1) is 24.5 Å². The van der Waals surface area contributed by atoms with Crippen LogP contribution in [-0.2, 0) is 22.4 Å². The number of hydrogen-bond donors (Lipinski definition) is 5. The van der Waals surface area contributed by atoms with E-state index in [1.54, 1.807) is 12.5 Å². The molecule has 252 valence electrons. The lowest BCUT2D eigenvalue weighted by atomic mass is 9.80. The Morgan fingerprint density at radius 1 is 1.07 bits per heavy atom. The van der Waals surface area contributed by atoms with Gasteiger partial charge in [-0.15, -0.1) is 0 Å². The summed E-state index contributed by atoms with van der Waals surface area (Å²) in [6.45, 7) is 12.4. The molecule has 45 heavy (non-hydrogen) atoms. The van der Waals surface area contributed by atoms with Crippen LogP contribution >= 0.6 is 0 Å². The number of carbonyl (C=O) groups is 2. The molecule has 0 spiro atoms. The second-order valence-electron chi connectivity index (χ2n) is 14.3. The number of nitrogens with zero attached hydrogens (tertiary/aromatic N) is 1. The van der Waals surface area contributed by atoms with Crippen LogP contribution in [0.5, 0.6) is 0 Å². The molecule has 1 fully saturated rings. The first kappa shape index (κ1) is 36.6. The average Bonchev–Trinajstić information content (AvgIpc) is 3.50. The SMILES string of the molecule is CC[C@@H](C[C@H](O)[C@H](CC1CCCCC1)NC(=O)[C@H](Cc1cnc[nH]1)NC[C@H](Cc1ccccc1)NC(=O)OC(C)(C)C)C(C)C. The van der Waals surface area contributed by atoms with Gasteiger partial charge in [0.25, 0.3) is 0 Å². The molecule has 0 bridgehead atoms. The van der Waals surface area contributed by atoms with Crippen LogP contribution in [0.25, 0.3) is 0 Å². The fraction of sp³-hybridized carbons (Fsp3) is 0.694. The first-order chi connectivity index (χ1) is 21.4. The Morgan fingerprint density at radius 2 is 1.78 bits per heavy atom. The minimum Gasteiger partial charge on any atom is -0.444 e. The van der Waals surface area contributed by atoms with Gasteiger partial charge < -0.3 is 30.8 Å². The highest BCUT2D eigenvalue weighted by atomic mass is 16.6. The zero-order chi connectivity index (χ0) is 32.8. The number of H-pyrrole nitrogens is 1. The maximum Gasteiger partial charge on any atom is 0.407 e. The van der Waals surface area contributed by atoms with E-state index in [1.807, 2.05) is 51.1 Å². The lowest BCUT2D eigenvalue weighted by molar-refractivity contribution is -0.125. The number of aliphatic hydroxyl groups excluding tert-OH is 1. The molecule has 9 nitrogen and oxygen atoms in total. The number of carbonyl (C=O) groups excluding carboxylic acids is 2.